The van der Waals surface area contributed by atoms with Gasteiger partial charge in [-0.1, -0.05) is 37.3 Å². The Hall–Kier alpha value is -1.35. The molecule has 1 saturated heterocycles. The minimum absolute atomic E-state index is 0.0982. The largest absolute Gasteiger partial charge is 0.273 e. The molecule has 1 amide bonds. The molecule has 0 bridgehead atoms. The summed E-state index contributed by atoms with van der Waals surface area (Å²) in [6.45, 7) is 3.49. The minimum Gasteiger partial charge on any atom is -0.273 e. The lowest BCUT2D eigenvalue weighted by molar-refractivity contribution is -0.197. The van der Waals surface area contributed by atoms with Crippen LogP contribution in [0.3, 0.4) is 0 Å². The number of amides is 1. The van der Waals surface area contributed by atoms with Gasteiger partial charge < -0.3 is 0 Å². The molecule has 92 valence electrons. The number of hydroxylamine groups is 2. The molecule has 0 spiro atoms. The second-order valence-corrected chi connectivity index (χ2v) is 4.55. The summed E-state index contributed by atoms with van der Waals surface area (Å²) in [4.78, 5) is 17.3. The van der Waals surface area contributed by atoms with Crippen LogP contribution in [0.25, 0.3) is 0 Å². The Bertz CT molecular complexity index is 358. The maximum Gasteiger partial charge on any atom is 0.246 e. The highest BCUT2D eigenvalue weighted by atomic mass is 16.7. The number of benzene rings is 1. The summed E-state index contributed by atoms with van der Waals surface area (Å²) >= 11 is 0. The topological polar surface area (TPSA) is 29.5 Å². The summed E-state index contributed by atoms with van der Waals surface area (Å²) in [5, 5.41) is 1.53. The lowest BCUT2D eigenvalue weighted by atomic mass is 9.97. The van der Waals surface area contributed by atoms with E-state index < -0.39 is 0 Å². The van der Waals surface area contributed by atoms with Crippen molar-refractivity contribution in [2.24, 2.45) is 0 Å². The van der Waals surface area contributed by atoms with E-state index in [0.717, 1.165) is 19.4 Å². The molecular formula is C14H19NO2. The Morgan fingerprint density at radius 3 is 2.76 bits per heavy atom. The standard InChI is InChI=1S/C14H19NO2/c1-12(13-7-3-2-4-8-13)11-14(16)15-9-5-6-10-17-15/h2-4,7-8,12H,5-6,9-11H2,1H3. The monoisotopic (exact) mass is 233 g/mol. The van der Waals surface area contributed by atoms with Crippen LogP contribution in [0.5, 0.6) is 0 Å². The van der Waals surface area contributed by atoms with Crippen LogP contribution in [0, 0.1) is 0 Å². The second kappa shape index (κ2) is 5.82. The van der Waals surface area contributed by atoms with Crippen LogP contribution in [0.15, 0.2) is 30.3 Å². The van der Waals surface area contributed by atoms with Crippen molar-refractivity contribution in [2.75, 3.05) is 13.2 Å². The van der Waals surface area contributed by atoms with E-state index >= 15 is 0 Å². The number of nitrogens with zero attached hydrogens (tertiary/aromatic N) is 1. The maximum atomic E-state index is 12.0. The quantitative estimate of drug-likeness (QED) is 0.803. The van der Waals surface area contributed by atoms with E-state index in [-0.39, 0.29) is 11.8 Å². The van der Waals surface area contributed by atoms with E-state index in [0.29, 0.717) is 13.0 Å². The lowest BCUT2D eigenvalue weighted by Crippen LogP contribution is -2.36. The van der Waals surface area contributed by atoms with E-state index in [1.165, 1.54) is 10.6 Å². The van der Waals surface area contributed by atoms with Gasteiger partial charge in [0.05, 0.1) is 6.61 Å². The van der Waals surface area contributed by atoms with Crippen LogP contribution < -0.4 is 0 Å². The van der Waals surface area contributed by atoms with E-state index in [4.69, 9.17) is 4.84 Å². The Morgan fingerprint density at radius 2 is 2.12 bits per heavy atom. The molecule has 1 atom stereocenters. The average Bonchev–Trinajstić information content (AvgIpc) is 2.40. The van der Waals surface area contributed by atoms with Gasteiger partial charge >= 0.3 is 0 Å². The summed E-state index contributed by atoms with van der Waals surface area (Å²) in [6, 6.07) is 10.1. The van der Waals surface area contributed by atoms with E-state index in [1.54, 1.807) is 0 Å². The van der Waals surface area contributed by atoms with Crippen molar-refractivity contribution in [3.05, 3.63) is 35.9 Å². The first-order chi connectivity index (χ1) is 8.27. The zero-order valence-corrected chi connectivity index (χ0v) is 10.3. The molecule has 0 N–H and O–H groups in total. The molecule has 1 aliphatic heterocycles. The zero-order chi connectivity index (χ0) is 12.1. The van der Waals surface area contributed by atoms with Crippen molar-refractivity contribution in [2.45, 2.75) is 32.1 Å². The summed E-state index contributed by atoms with van der Waals surface area (Å²) in [7, 11) is 0. The fraction of sp³-hybridized carbons (Fsp3) is 0.500. The third-order valence-corrected chi connectivity index (χ3v) is 3.13. The Morgan fingerprint density at radius 1 is 1.35 bits per heavy atom. The van der Waals surface area contributed by atoms with Gasteiger partial charge in [-0.3, -0.25) is 9.63 Å². The molecule has 17 heavy (non-hydrogen) atoms. The van der Waals surface area contributed by atoms with Crippen molar-refractivity contribution < 1.29 is 9.63 Å². The van der Waals surface area contributed by atoms with Crippen LogP contribution in [-0.4, -0.2) is 24.1 Å². The number of hydrogen-bond acceptors (Lipinski definition) is 2. The van der Waals surface area contributed by atoms with Crippen molar-refractivity contribution in [1.82, 2.24) is 5.06 Å². The van der Waals surface area contributed by atoms with E-state index in [2.05, 4.69) is 19.1 Å². The van der Waals surface area contributed by atoms with Crippen molar-refractivity contribution in [3.63, 3.8) is 0 Å². The first-order valence-corrected chi connectivity index (χ1v) is 6.25. The van der Waals surface area contributed by atoms with Gasteiger partial charge in [0.2, 0.25) is 5.91 Å². The van der Waals surface area contributed by atoms with Crippen molar-refractivity contribution in [3.8, 4) is 0 Å². The third-order valence-electron chi connectivity index (χ3n) is 3.13. The van der Waals surface area contributed by atoms with Crippen LogP contribution in [-0.2, 0) is 9.63 Å². The highest BCUT2D eigenvalue weighted by Crippen LogP contribution is 2.20. The molecule has 3 nitrogen and oxygen atoms in total. The SMILES string of the molecule is CC(CC(=O)N1CCCCO1)c1ccccc1. The molecule has 1 fully saturated rings. The predicted molar refractivity (Wildman–Crippen MR) is 66.4 cm³/mol. The molecule has 1 unspecified atom stereocenters. The molecule has 1 aliphatic rings. The fourth-order valence-electron chi connectivity index (χ4n) is 2.06. The zero-order valence-electron chi connectivity index (χ0n) is 10.3. The van der Waals surface area contributed by atoms with Crippen LogP contribution in [0.1, 0.15) is 37.7 Å². The smallest absolute Gasteiger partial charge is 0.246 e. The number of hydrogen-bond donors (Lipinski definition) is 0. The summed E-state index contributed by atoms with van der Waals surface area (Å²) < 4.78 is 0. The van der Waals surface area contributed by atoms with Gasteiger partial charge in [-0.15, -0.1) is 0 Å². The summed E-state index contributed by atoms with van der Waals surface area (Å²) in [5.41, 5.74) is 1.21. The van der Waals surface area contributed by atoms with Gasteiger partial charge in [0.15, 0.2) is 0 Å². The predicted octanol–water partition coefficient (Wildman–Crippen LogP) is 2.73. The first kappa shape index (κ1) is 12.1. The molecule has 1 heterocycles. The third kappa shape index (κ3) is 3.30. The van der Waals surface area contributed by atoms with E-state index in [9.17, 15) is 4.79 Å². The van der Waals surface area contributed by atoms with Gasteiger partial charge in [0, 0.05) is 13.0 Å². The van der Waals surface area contributed by atoms with Gasteiger partial charge in [-0.25, -0.2) is 5.06 Å². The van der Waals surface area contributed by atoms with Crippen molar-refractivity contribution in [1.29, 1.82) is 0 Å². The normalized spacial score (nSPS) is 17.8. The first-order valence-electron chi connectivity index (χ1n) is 6.25. The molecular weight excluding hydrogens is 214 g/mol. The number of carbonyl (C=O) groups is 1. The van der Waals surface area contributed by atoms with Gasteiger partial charge in [-0.05, 0) is 24.3 Å². The average molecular weight is 233 g/mol. The summed E-state index contributed by atoms with van der Waals surface area (Å²) in [5.74, 6) is 0.343. The molecule has 2 rings (SSSR count). The minimum atomic E-state index is 0.0982. The molecule has 0 saturated carbocycles. The molecule has 1 aromatic carbocycles. The van der Waals surface area contributed by atoms with Crippen LogP contribution >= 0.6 is 0 Å². The molecule has 0 aromatic heterocycles. The Balaban J connectivity index is 1.89. The lowest BCUT2D eigenvalue weighted by Gasteiger charge is -2.27. The highest BCUT2D eigenvalue weighted by molar-refractivity contribution is 5.76. The second-order valence-electron chi connectivity index (χ2n) is 4.55. The number of rotatable bonds is 3. The maximum absolute atomic E-state index is 12.0. The van der Waals surface area contributed by atoms with Crippen LogP contribution in [0.4, 0.5) is 0 Å². The fourth-order valence-corrected chi connectivity index (χ4v) is 2.06. The van der Waals surface area contributed by atoms with Gasteiger partial charge in [0.25, 0.3) is 0 Å². The molecule has 3 heteroatoms. The molecule has 0 radical (unpaired) electrons. The molecule has 0 aliphatic carbocycles. The van der Waals surface area contributed by atoms with Gasteiger partial charge in [-0.2, -0.15) is 0 Å². The number of carbonyl (C=O) groups excluding carboxylic acids is 1. The Kier molecular flexibility index (Phi) is 4.15. The van der Waals surface area contributed by atoms with Gasteiger partial charge in [0.1, 0.15) is 0 Å². The Labute approximate surface area is 102 Å². The van der Waals surface area contributed by atoms with Crippen LogP contribution in [0.2, 0.25) is 0 Å². The molecule has 1 aromatic rings. The summed E-state index contributed by atoms with van der Waals surface area (Å²) in [6.07, 6.45) is 2.62. The van der Waals surface area contributed by atoms with Crippen molar-refractivity contribution >= 4 is 5.91 Å². The highest BCUT2D eigenvalue weighted by Gasteiger charge is 2.20. The van der Waals surface area contributed by atoms with E-state index in [1.807, 2.05) is 18.2 Å².